The summed E-state index contributed by atoms with van der Waals surface area (Å²) in [5, 5.41) is 3.12. The minimum atomic E-state index is 0.0958. The monoisotopic (exact) mass is 307 g/mol. The van der Waals surface area contributed by atoms with Crippen molar-refractivity contribution < 1.29 is 4.79 Å². The van der Waals surface area contributed by atoms with Gasteiger partial charge in [0, 0.05) is 6.04 Å². The van der Waals surface area contributed by atoms with Crippen molar-refractivity contribution in [3.63, 3.8) is 0 Å². The van der Waals surface area contributed by atoms with E-state index in [9.17, 15) is 4.79 Å². The smallest absolute Gasteiger partial charge is 0.224 e. The number of aliphatic imine (C=N–C) groups is 1. The van der Waals surface area contributed by atoms with Gasteiger partial charge in [-0.3, -0.25) is 4.79 Å². The fraction of sp³-hybridized carbons (Fsp3) is 0.500. The fourth-order valence-corrected chi connectivity index (χ4v) is 2.65. The first-order chi connectivity index (χ1) is 10.2. The van der Waals surface area contributed by atoms with Crippen molar-refractivity contribution in [1.29, 1.82) is 0 Å². The van der Waals surface area contributed by atoms with E-state index in [1.807, 2.05) is 24.3 Å². The van der Waals surface area contributed by atoms with Crippen LogP contribution in [0.3, 0.4) is 0 Å². The van der Waals surface area contributed by atoms with E-state index in [1.54, 1.807) is 0 Å². The lowest BCUT2D eigenvalue weighted by Gasteiger charge is -2.22. The van der Waals surface area contributed by atoms with Gasteiger partial charge in [-0.05, 0) is 30.5 Å². The SMILES string of the molecule is NC(CCl)=Nc1ccc(CC(=O)NC2CCCCC2)cc1. The maximum atomic E-state index is 12.0. The highest BCUT2D eigenvalue weighted by Crippen LogP contribution is 2.18. The molecule has 1 saturated carbocycles. The minimum Gasteiger partial charge on any atom is -0.386 e. The number of rotatable bonds is 5. The third-order valence-corrected chi connectivity index (χ3v) is 3.95. The molecule has 0 spiro atoms. The molecule has 4 nitrogen and oxygen atoms in total. The summed E-state index contributed by atoms with van der Waals surface area (Å²) in [6.45, 7) is 0. The first-order valence-corrected chi connectivity index (χ1v) is 7.98. The van der Waals surface area contributed by atoms with Gasteiger partial charge in [0.15, 0.2) is 0 Å². The molecular weight excluding hydrogens is 286 g/mol. The van der Waals surface area contributed by atoms with Gasteiger partial charge in [0.05, 0.1) is 18.0 Å². The van der Waals surface area contributed by atoms with E-state index >= 15 is 0 Å². The van der Waals surface area contributed by atoms with Crippen LogP contribution in [0, 0.1) is 0 Å². The number of carbonyl (C=O) groups excluding carboxylic acids is 1. The summed E-state index contributed by atoms with van der Waals surface area (Å²) in [7, 11) is 0. The maximum absolute atomic E-state index is 12.0. The molecule has 0 aromatic heterocycles. The van der Waals surface area contributed by atoms with E-state index in [0.717, 1.165) is 24.1 Å². The summed E-state index contributed by atoms with van der Waals surface area (Å²) in [6, 6.07) is 7.87. The zero-order valence-electron chi connectivity index (χ0n) is 12.1. The van der Waals surface area contributed by atoms with E-state index in [1.165, 1.54) is 19.3 Å². The molecule has 1 aliphatic carbocycles. The molecule has 0 aliphatic heterocycles. The predicted octanol–water partition coefficient (Wildman–Crippen LogP) is 2.91. The van der Waals surface area contributed by atoms with E-state index in [2.05, 4.69) is 10.3 Å². The topological polar surface area (TPSA) is 67.5 Å². The minimum absolute atomic E-state index is 0.0958. The number of hydrogen-bond acceptors (Lipinski definition) is 2. The highest BCUT2D eigenvalue weighted by atomic mass is 35.5. The number of carbonyl (C=O) groups is 1. The Morgan fingerprint density at radius 3 is 2.52 bits per heavy atom. The standard InChI is InChI=1S/C16H22ClN3O/c17-11-15(18)19-14-8-6-12(7-9-14)10-16(21)20-13-4-2-1-3-5-13/h6-9,13H,1-5,10-11H2,(H2,18,19)(H,20,21). The lowest BCUT2D eigenvalue weighted by molar-refractivity contribution is -0.121. The van der Waals surface area contributed by atoms with Crippen LogP contribution in [0.25, 0.3) is 0 Å². The molecule has 1 aromatic carbocycles. The number of halogens is 1. The van der Waals surface area contributed by atoms with Crippen molar-refractivity contribution in [3.8, 4) is 0 Å². The van der Waals surface area contributed by atoms with Crippen LogP contribution < -0.4 is 11.1 Å². The molecule has 0 bridgehead atoms. The van der Waals surface area contributed by atoms with Gasteiger partial charge >= 0.3 is 0 Å². The van der Waals surface area contributed by atoms with Crippen LogP contribution in [-0.2, 0) is 11.2 Å². The average Bonchev–Trinajstić information content (AvgIpc) is 2.50. The highest BCUT2D eigenvalue weighted by Gasteiger charge is 2.15. The first kappa shape index (κ1) is 15.8. The van der Waals surface area contributed by atoms with Crippen molar-refractivity contribution in [3.05, 3.63) is 29.8 Å². The Morgan fingerprint density at radius 2 is 1.90 bits per heavy atom. The van der Waals surface area contributed by atoms with E-state index in [-0.39, 0.29) is 11.8 Å². The van der Waals surface area contributed by atoms with Crippen LogP contribution in [0.4, 0.5) is 5.69 Å². The normalized spacial score (nSPS) is 16.7. The second-order valence-corrected chi connectivity index (χ2v) is 5.75. The number of nitrogens with two attached hydrogens (primary N) is 1. The van der Waals surface area contributed by atoms with Gasteiger partial charge in [0.1, 0.15) is 5.84 Å². The number of alkyl halides is 1. The number of nitrogens with zero attached hydrogens (tertiary/aromatic N) is 1. The Morgan fingerprint density at radius 1 is 1.24 bits per heavy atom. The molecule has 1 aliphatic rings. The number of amides is 1. The summed E-state index contributed by atoms with van der Waals surface area (Å²) in [4.78, 5) is 16.2. The lowest BCUT2D eigenvalue weighted by Crippen LogP contribution is -2.37. The van der Waals surface area contributed by atoms with Crippen LogP contribution >= 0.6 is 11.6 Å². The van der Waals surface area contributed by atoms with Crippen LogP contribution in [-0.4, -0.2) is 23.7 Å². The third kappa shape index (κ3) is 5.38. The second-order valence-electron chi connectivity index (χ2n) is 5.48. The molecule has 5 heteroatoms. The Balaban J connectivity index is 1.86. The molecule has 0 saturated heterocycles. The molecule has 1 aromatic rings. The fourth-order valence-electron chi connectivity index (χ4n) is 2.60. The Kier molecular flexibility index (Phi) is 6.05. The summed E-state index contributed by atoms with van der Waals surface area (Å²) in [5.41, 5.74) is 7.31. The molecule has 0 atom stereocenters. The van der Waals surface area contributed by atoms with Gasteiger partial charge in [-0.2, -0.15) is 0 Å². The van der Waals surface area contributed by atoms with Crippen molar-refractivity contribution in [2.45, 2.75) is 44.6 Å². The Hall–Kier alpha value is -1.55. The predicted molar refractivity (Wildman–Crippen MR) is 87.2 cm³/mol. The number of amidine groups is 1. The molecular formula is C16H22ClN3O. The Labute approximate surface area is 130 Å². The zero-order chi connectivity index (χ0) is 15.1. The zero-order valence-corrected chi connectivity index (χ0v) is 12.9. The molecule has 1 amide bonds. The summed E-state index contributed by atoms with van der Waals surface area (Å²) in [6.07, 6.45) is 6.36. The van der Waals surface area contributed by atoms with Gasteiger partial charge in [-0.25, -0.2) is 4.99 Å². The lowest BCUT2D eigenvalue weighted by atomic mass is 9.95. The van der Waals surface area contributed by atoms with Gasteiger partial charge in [0.2, 0.25) is 5.91 Å². The average molecular weight is 308 g/mol. The Bertz CT molecular complexity index is 493. The number of benzene rings is 1. The van der Waals surface area contributed by atoms with Crippen LogP contribution in [0.15, 0.2) is 29.3 Å². The van der Waals surface area contributed by atoms with E-state index < -0.39 is 0 Å². The molecule has 0 heterocycles. The number of hydrogen-bond donors (Lipinski definition) is 2. The van der Waals surface area contributed by atoms with Gasteiger partial charge in [-0.1, -0.05) is 31.4 Å². The molecule has 21 heavy (non-hydrogen) atoms. The van der Waals surface area contributed by atoms with Crippen LogP contribution in [0.1, 0.15) is 37.7 Å². The first-order valence-electron chi connectivity index (χ1n) is 7.44. The van der Waals surface area contributed by atoms with E-state index in [0.29, 0.717) is 18.3 Å². The highest BCUT2D eigenvalue weighted by molar-refractivity contribution is 6.28. The van der Waals surface area contributed by atoms with Crippen molar-refractivity contribution in [2.75, 3.05) is 5.88 Å². The molecule has 2 rings (SSSR count). The molecule has 0 radical (unpaired) electrons. The van der Waals surface area contributed by atoms with Crippen molar-refractivity contribution in [1.82, 2.24) is 5.32 Å². The molecule has 3 N–H and O–H groups in total. The number of nitrogens with one attached hydrogen (secondary N) is 1. The largest absolute Gasteiger partial charge is 0.386 e. The van der Waals surface area contributed by atoms with Gasteiger partial charge < -0.3 is 11.1 Å². The third-order valence-electron chi connectivity index (χ3n) is 3.68. The van der Waals surface area contributed by atoms with Gasteiger partial charge in [-0.15, -0.1) is 11.6 Å². The van der Waals surface area contributed by atoms with E-state index in [4.69, 9.17) is 17.3 Å². The summed E-state index contributed by atoms with van der Waals surface area (Å²) < 4.78 is 0. The molecule has 1 fully saturated rings. The second kappa shape index (κ2) is 8.03. The van der Waals surface area contributed by atoms with Crippen LogP contribution in [0.5, 0.6) is 0 Å². The summed E-state index contributed by atoms with van der Waals surface area (Å²) in [5.74, 6) is 0.698. The maximum Gasteiger partial charge on any atom is 0.224 e. The van der Waals surface area contributed by atoms with Crippen molar-refractivity contribution >= 4 is 29.0 Å². The van der Waals surface area contributed by atoms with Crippen LogP contribution in [0.2, 0.25) is 0 Å². The van der Waals surface area contributed by atoms with Crippen molar-refractivity contribution in [2.24, 2.45) is 10.7 Å². The molecule has 0 unspecified atom stereocenters. The quantitative estimate of drug-likeness (QED) is 0.499. The van der Waals surface area contributed by atoms with Gasteiger partial charge in [0.25, 0.3) is 0 Å². The molecule has 114 valence electrons. The summed E-state index contributed by atoms with van der Waals surface area (Å²) >= 11 is 5.59.